The van der Waals surface area contributed by atoms with Crippen LogP contribution in [0.3, 0.4) is 0 Å². The highest BCUT2D eigenvalue weighted by Crippen LogP contribution is 2.25. The van der Waals surface area contributed by atoms with E-state index in [1.54, 1.807) is 31.3 Å². The number of carbonyl (C=O) groups excluding carboxylic acids is 2. The van der Waals surface area contributed by atoms with Gasteiger partial charge in [-0.2, -0.15) is 0 Å². The van der Waals surface area contributed by atoms with Gasteiger partial charge in [0.25, 0.3) is 0 Å². The lowest BCUT2D eigenvalue weighted by molar-refractivity contribution is -0.147. The van der Waals surface area contributed by atoms with Crippen LogP contribution in [0, 0.1) is 0 Å². The molecule has 8 heteroatoms. The molecule has 170 valence electrons. The topological polar surface area (TPSA) is 79.9 Å². The summed E-state index contributed by atoms with van der Waals surface area (Å²) in [5.41, 5.74) is 3.04. The van der Waals surface area contributed by atoms with Crippen LogP contribution in [0.4, 0.5) is 0 Å². The van der Waals surface area contributed by atoms with Crippen molar-refractivity contribution in [2.24, 2.45) is 0 Å². The van der Waals surface area contributed by atoms with Crippen molar-refractivity contribution in [2.75, 3.05) is 20.8 Å². The highest BCUT2D eigenvalue weighted by Gasteiger charge is 2.46. The van der Waals surface area contributed by atoms with Gasteiger partial charge in [0.05, 0.1) is 13.7 Å². The molecule has 2 amide bonds. The second-order valence-corrected chi connectivity index (χ2v) is 8.73. The molecular formula is C24H28ClN3O4. The Hall–Kier alpha value is -2.61. The molecule has 2 fully saturated rings. The lowest BCUT2D eigenvalue weighted by atomic mass is 10.0. The minimum Gasteiger partial charge on any atom is -0.496 e. The number of nitrogens with zero attached hydrogens (tertiary/aromatic N) is 1. The van der Waals surface area contributed by atoms with Gasteiger partial charge in [-0.05, 0) is 41.8 Å². The number of nitrogens with one attached hydrogen (secondary N) is 2. The van der Waals surface area contributed by atoms with Crippen LogP contribution in [-0.4, -0.2) is 55.6 Å². The molecule has 4 rings (SSSR count). The molecule has 2 aromatic rings. The zero-order chi connectivity index (χ0) is 22.7. The quantitative estimate of drug-likeness (QED) is 0.635. The molecule has 2 aliphatic heterocycles. The van der Waals surface area contributed by atoms with E-state index >= 15 is 0 Å². The fraction of sp³-hybridized carbons (Fsp3) is 0.417. The van der Waals surface area contributed by atoms with E-state index in [9.17, 15) is 9.59 Å². The normalized spacial score (nSPS) is 22.6. The van der Waals surface area contributed by atoms with Gasteiger partial charge in [0.2, 0.25) is 11.8 Å². The van der Waals surface area contributed by atoms with Crippen molar-refractivity contribution in [1.82, 2.24) is 15.5 Å². The fourth-order valence-electron chi connectivity index (χ4n) is 4.47. The third kappa shape index (κ3) is 4.90. The van der Waals surface area contributed by atoms with Crippen molar-refractivity contribution in [2.45, 2.75) is 44.1 Å². The van der Waals surface area contributed by atoms with Crippen LogP contribution < -0.4 is 15.4 Å². The molecule has 0 unspecified atom stereocenters. The standard InChI is InChI=1S/C24H28ClN3O4/c1-31-14-17-9-16(5-8-22(17)32-2)12-26-19-11-21-23(29)27-20(24(30)28(21)13-19)10-15-3-6-18(25)7-4-15/h3-9,19-21,26H,10-14H2,1-2H3,(H,27,29)/t19-,20-,21-/m0/s1. The third-order valence-corrected chi connectivity index (χ3v) is 6.35. The van der Waals surface area contributed by atoms with Crippen LogP contribution in [0.1, 0.15) is 23.1 Å². The average Bonchev–Trinajstić information content (AvgIpc) is 3.23. The second kappa shape index (κ2) is 9.90. The van der Waals surface area contributed by atoms with E-state index in [4.69, 9.17) is 21.1 Å². The van der Waals surface area contributed by atoms with Crippen LogP contribution >= 0.6 is 11.6 Å². The molecule has 32 heavy (non-hydrogen) atoms. The Morgan fingerprint density at radius 3 is 2.59 bits per heavy atom. The zero-order valence-corrected chi connectivity index (χ0v) is 19.0. The number of hydrogen-bond acceptors (Lipinski definition) is 5. The summed E-state index contributed by atoms with van der Waals surface area (Å²) >= 11 is 5.94. The largest absolute Gasteiger partial charge is 0.496 e. The molecule has 2 N–H and O–H groups in total. The Bertz CT molecular complexity index is 982. The first kappa shape index (κ1) is 22.6. The molecule has 2 saturated heterocycles. The SMILES string of the molecule is COCc1cc(CN[C@H]2C[C@H]3C(=O)N[C@@H](Cc4ccc(Cl)cc4)C(=O)N3C2)ccc1OC. The van der Waals surface area contributed by atoms with Crippen LogP contribution in [0.15, 0.2) is 42.5 Å². The van der Waals surface area contributed by atoms with Crippen molar-refractivity contribution in [3.05, 3.63) is 64.2 Å². The highest BCUT2D eigenvalue weighted by molar-refractivity contribution is 6.30. The number of methoxy groups -OCH3 is 2. The first-order chi connectivity index (χ1) is 15.5. The molecule has 2 aliphatic rings. The maximum atomic E-state index is 13.1. The van der Waals surface area contributed by atoms with Gasteiger partial charge >= 0.3 is 0 Å². The third-order valence-electron chi connectivity index (χ3n) is 6.09. The summed E-state index contributed by atoms with van der Waals surface area (Å²) in [7, 11) is 3.30. The summed E-state index contributed by atoms with van der Waals surface area (Å²) in [6.45, 7) is 1.63. The van der Waals surface area contributed by atoms with E-state index in [0.717, 1.165) is 22.4 Å². The van der Waals surface area contributed by atoms with Gasteiger partial charge in [-0.15, -0.1) is 0 Å². The lowest BCUT2D eigenvalue weighted by Crippen LogP contribution is -2.61. The molecule has 7 nitrogen and oxygen atoms in total. The summed E-state index contributed by atoms with van der Waals surface area (Å²) < 4.78 is 10.6. The van der Waals surface area contributed by atoms with E-state index in [2.05, 4.69) is 16.7 Å². The predicted molar refractivity (Wildman–Crippen MR) is 122 cm³/mol. The molecule has 0 aromatic heterocycles. The first-order valence-corrected chi connectivity index (χ1v) is 11.1. The summed E-state index contributed by atoms with van der Waals surface area (Å²) in [4.78, 5) is 27.5. The number of piperazine rings is 1. The van der Waals surface area contributed by atoms with E-state index in [0.29, 0.717) is 37.6 Å². The highest BCUT2D eigenvalue weighted by atomic mass is 35.5. The summed E-state index contributed by atoms with van der Waals surface area (Å²) in [6, 6.07) is 12.4. The summed E-state index contributed by atoms with van der Waals surface area (Å²) in [6.07, 6.45) is 1.06. The number of amides is 2. The maximum absolute atomic E-state index is 13.1. The number of carbonyl (C=O) groups is 2. The Morgan fingerprint density at radius 1 is 1.12 bits per heavy atom. The number of fused-ring (bicyclic) bond motifs is 1. The van der Waals surface area contributed by atoms with E-state index in [1.807, 2.05) is 24.3 Å². The van der Waals surface area contributed by atoms with Crippen molar-refractivity contribution < 1.29 is 19.1 Å². The van der Waals surface area contributed by atoms with E-state index < -0.39 is 12.1 Å². The van der Waals surface area contributed by atoms with Crippen molar-refractivity contribution in [3.8, 4) is 5.75 Å². The fourth-order valence-corrected chi connectivity index (χ4v) is 4.60. The number of rotatable bonds is 8. The number of benzene rings is 2. The van der Waals surface area contributed by atoms with Gasteiger partial charge in [-0.25, -0.2) is 0 Å². The molecule has 0 radical (unpaired) electrons. The van der Waals surface area contributed by atoms with E-state index in [1.165, 1.54) is 0 Å². The molecule has 2 heterocycles. The monoisotopic (exact) mass is 457 g/mol. The van der Waals surface area contributed by atoms with Gasteiger partial charge in [-0.1, -0.05) is 29.8 Å². The Balaban J connectivity index is 1.37. The van der Waals surface area contributed by atoms with Crippen LogP contribution in [-0.2, 0) is 33.9 Å². The molecule has 0 spiro atoms. The van der Waals surface area contributed by atoms with Crippen molar-refractivity contribution >= 4 is 23.4 Å². The van der Waals surface area contributed by atoms with Gasteiger partial charge in [0.1, 0.15) is 17.8 Å². The summed E-state index contributed by atoms with van der Waals surface area (Å²) in [5, 5.41) is 7.06. The van der Waals surface area contributed by atoms with Gasteiger partial charge < -0.3 is 25.0 Å². The second-order valence-electron chi connectivity index (χ2n) is 8.29. The Kier molecular flexibility index (Phi) is 6.98. The number of hydrogen-bond donors (Lipinski definition) is 2. The molecule has 0 aliphatic carbocycles. The Morgan fingerprint density at radius 2 is 1.88 bits per heavy atom. The zero-order valence-electron chi connectivity index (χ0n) is 18.3. The lowest BCUT2D eigenvalue weighted by Gasteiger charge is -2.34. The maximum Gasteiger partial charge on any atom is 0.246 e. The van der Waals surface area contributed by atoms with Gasteiger partial charge in [0.15, 0.2) is 0 Å². The Labute approximate surface area is 193 Å². The van der Waals surface area contributed by atoms with Crippen LogP contribution in [0.25, 0.3) is 0 Å². The molecule has 0 bridgehead atoms. The predicted octanol–water partition coefficient (Wildman–Crippen LogP) is 2.30. The molecule has 3 atom stereocenters. The first-order valence-electron chi connectivity index (χ1n) is 10.7. The average molecular weight is 458 g/mol. The minimum atomic E-state index is -0.545. The van der Waals surface area contributed by atoms with Gasteiger partial charge in [-0.3, -0.25) is 9.59 Å². The van der Waals surface area contributed by atoms with Crippen molar-refractivity contribution in [1.29, 1.82) is 0 Å². The minimum absolute atomic E-state index is 0.0271. The molecule has 0 saturated carbocycles. The van der Waals surface area contributed by atoms with Crippen LogP contribution in [0.2, 0.25) is 5.02 Å². The molecular weight excluding hydrogens is 430 g/mol. The summed E-state index contributed by atoms with van der Waals surface area (Å²) in [5.74, 6) is 0.683. The smallest absolute Gasteiger partial charge is 0.246 e. The van der Waals surface area contributed by atoms with E-state index in [-0.39, 0.29) is 17.9 Å². The van der Waals surface area contributed by atoms with Gasteiger partial charge in [0, 0.05) is 43.2 Å². The van der Waals surface area contributed by atoms with Crippen LogP contribution in [0.5, 0.6) is 5.75 Å². The number of halogens is 1. The molecule has 2 aromatic carbocycles. The van der Waals surface area contributed by atoms with Crippen molar-refractivity contribution in [3.63, 3.8) is 0 Å². The number of ether oxygens (including phenoxy) is 2.